The van der Waals surface area contributed by atoms with Crippen LogP contribution in [0.25, 0.3) is 0 Å². The Labute approximate surface area is 113 Å². The van der Waals surface area contributed by atoms with Gasteiger partial charge in [-0.25, -0.2) is 0 Å². The van der Waals surface area contributed by atoms with Crippen LogP contribution in [0, 0.1) is 11.3 Å². The minimum atomic E-state index is 0.408. The van der Waals surface area contributed by atoms with E-state index in [4.69, 9.17) is 15.7 Å². The van der Waals surface area contributed by atoms with E-state index in [1.165, 1.54) is 5.56 Å². The molecule has 0 saturated carbocycles. The zero-order chi connectivity index (χ0) is 13.7. The fourth-order valence-corrected chi connectivity index (χ4v) is 1.84. The number of hydrogen-bond acceptors (Lipinski definition) is 3. The first-order valence-corrected chi connectivity index (χ1v) is 6.23. The lowest BCUT2D eigenvalue weighted by atomic mass is 10.1. The van der Waals surface area contributed by atoms with Crippen molar-refractivity contribution in [2.24, 2.45) is 0 Å². The molecule has 19 heavy (non-hydrogen) atoms. The van der Waals surface area contributed by atoms with E-state index in [9.17, 15) is 0 Å². The molecule has 0 saturated heterocycles. The van der Waals surface area contributed by atoms with Gasteiger partial charge in [-0.15, -0.1) is 0 Å². The van der Waals surface area contributed by atoms with E-state index < -0.39 is 0 Å². The SMILES string of the molecule is CCc1ccc(OCc2cccc(C#N)c2)c(N)c1. The maximum absolute atomic E-state index is 8.84. The van der Waals surface area contributed by atoms with Gasteiger partial charge in [0.15, 0.2) is 0 Å². The molecular weight excluding hydrogens is 236 g/mol. The summed E-state index contributed by atoms with van der Waals surface area (Å²) in [6, 6.07) is 15.3. The minimum absolute atomic E-state index is 0.408. The van der Waals surface area contributed by atoms with Crippen LogP contribution < -0.4 is 10.5 Å². The summed E-state index contributed by atoms with van der Waals surface area (Å²) in [5.41, 5.74) is 9.37. The second kappa shape index (κ2) is 5.92. The van der Waals surface area contributed by atoms with Gasteiger partial charge in [-0.3, -0.25) is 0 Å². The Morgan fingerprint density at radius 1 is 1.16 bits per heavy atom. The molecule has 0 aliphatic heterocycles. The van der Waals surface area contributed by atoms with Crippen molar-refractivity contribution in [1.29, 1.82) is 5.26 Å². The van der Waals surface area contributed by atoms with Gasteiger partial charge >= 0.3 is 0 Å². The van der Waals surface area contributed by atoms with Crippen molar-refractivity contribution in [1.82, 2.24) is 0 Å². The molecule has 0 amide bonds. The van der Waals surface area contributed by atoms with E-state index in [0.717, 1.165) is 12.0 Å². The molecule has 2 N–H and O–H groups in total. The van der Waals surface area contributed by atoms with Gasteiger partial charge < -0.3 is 10.5 Å². The van der Waals surface area contributed by atoms with Crippen molar-refractivity contribution < 1.29 is 4.74 Å². The fourth-order valence-electron chi connectivity index (χ4n) is 1.84. The number of aryl methyl sites for hydroxylation is 1. The largest absolute Gasteiger partial charge is 0.487 e. The van der Waals surface area contributed by atoms with E-state index in [0.29, 0.717) is 23.6 Å². The van der Waals surface area contributed by atoms with Gasteiger partial charge in [0.05, 0.1) is 17.3 Å². The van der Waals surface area contributed by atoms with E-state index in [1.54, 1.807) is 6.07 Å². The molecule has 0 radical (unpaired) electrons. The van der Waals surface area contributed by atoms with Crippen molar-refractivity contribution in [2.75, 3.05) is 5.73 Å². The molecule has 96 valence electrons. The quantitative estimate of drug-likeness (QED) is 0.849. The van der Waals surface area contributed by atoms with Crippen molar-refractivity contribution in [3.63, 3.8) is 0 Å². The number of benzene rings is 2. The summed E-state index contributed by atoms with van der Waals surface area (Å²) in [5, 5.41) is 8.84. The Bertz CT molecular complexity index is 614. The molecule has 2 aromatic carbocycles. The van der Waals surface area contributed by atoms with Crippen LogP contribution in [-0.2, 0) is 13.0 Å². The summed E-state index contributed by atoms with van der Waals surface area (Å²) in [6.07, 6.45) is 0.953. The van der Waals surface area contributed by atoms with Crippen molar-refractivity contribution >= 4 is 5.69 Å². The lowest BCUT2D eigenvalue weighted by molar-refractivity contribution is 0.308. The summed E-state index contributed by atoms with van der Waals surface area (Å²) in [5.74, 6) is 0.680. The number of anilines is 1. The molecule has 0 aliphatic rings. The lowest BCUT2D eigenvalue weighted by Crippen LogP contribution is -1.99. The van der Waals surface area contributed by atoms with Gasteiger partial charge in [0.25, 0.3) is 0 Å². The summed E-state index contributed by atoms with van der Waals surface area (Å²) in [4.78, 5) is 0. The molecule has 0 atom stereocenters. The third-order valence-corrected chi connectivity index (χ3v) is 2.93. The van der Waals surface area contributed by atoms with Crippen LogP contribution in [0.2, 0.25) is 0 Å². The van der Waals surface area contributed by atoms with Crippen LogP contribution in [0.3, 0.4) is 0 Å². The summed E-state index contributed by atoms with van der Waals surface area (Å²) in [6.45, 7) is 2.49. The molecule has 3 heteroatoms. The number of ether oxygens (including phenoxy) is 1. The molecule has 0 aromatic heterocycles. The zero-order valence-corrected chi connectivity index (χ0v) is 10.9. The third kappa shape index (κ3) is 3.26. The standard InChI is InChI=1S/C16H16N2O/c1-2-12-6-7-16(15(18)9-12)19-11-14-5-3-4-13(8-14)10-17/h3-9H,2,11,18H2,1H3. The van der Waals surface area contributed by atoms with E-state index in [1.807, 2.05) is 36.4 Å². The second-order valence-electron chi connectivity index (χ2n) is 4.33. The average Bonchev–Trinajstić information content (AvgIpc) is 2.46. The van der Waals surface area contributed by atoms with Crippen LogP contribution >= 0.6 is 0 Å². The van der Waals surface area contributed by atoms with Crippen LogP contribution in [0.15, 0.2) is 42.5 Å². The number of nitriles is 1. The normalized spacial score (nSPS) is 9.89. The Hall–Kier alpha value is -2.47. The van der Waals surface area contributed by atoms with Crippen molar-refractivity contribution in [2.45, 2.75) is 20.0 Å². The molecule has 0 unspecified atom stereocenters. The maximum atomic E-state index is 8.84. The number of nitrogens with zero attached hydrogens (tertiary/aromatic N) is 1. The number of nitrogens with two attached hydrogens (primary N) is 1. The number of nitrogen functional groups attached to an aromatic ring is 1. The Balaban J connectivity index is 2.08. The van der Waals surface area contributed by atoms with Gasteiger partial charge in [0, 0.05) is 0 Å². The maximum Gasteiger partial charge on any atom is 0.142 e. The molecule has 3 nitrogen and oxygen atoms in total. The summed E-state index contributed by atoms with van der Waals surface area (Å²) >= 11 is 0. The zero-order valence-electron chi connectivity index (χ0n) is 10.9. The predicted molar refractivity (Wildman–Crippen MR) is 75.7 cm³/mol. The molecule has 0 aliphatic carbocycles. The minimum Gasteiger partial charge on any atom is -0.487 e. The Morgan fingerprint density at radius 2 is 2.00 bits per heavy atom. The Kier molecular flexibility index (Phi) is 4.04. The monoisotopic (exact) mass is 252 g/mol. The van der Waals surface area contributed by atoms with Gasteiger partial charge in [-0.2, -0.15) is 5.26 Å². The van der Waals surface area contributed by atoms with Gasteiger partial charge in [-0.1, -0.05) is 25.1 Å². The predicted octanol–water partition coefficient (Wildman–Crippen LogP) is 3.28. The van der Waals surface area contributed by atoms with E-state index in [-0.39, 0.29) is 0 Å². The highest BCUT2D eigenvalue weighted by Crippen LogP contribution is 2.23. The van der Waals surface area contributed by atoms with E-state index >= 15 is 0 Å². The first-order valence-electron chi connectivity index (χ1n) is 6.23. The van der Waals surface area contributed by atoms with Gasteiger partial charge in [-0.05, 0) is 41.8 Å². The molecule has 0 heterocycles. The van der Waals surface area contributed by atoms with Crippen LogP contribution in [0.4, 0.5) is 5.69 Å². The molecule has 2 rings (SSSR count). The number of rotatable bonds is 4. The molecule has 2 aromatic rings. The smallest absolute Gasteiger partial charge is 0.142 e. The van der Waals surface area contributed by atoms with E-state index in [2.05, 4.69) is 13.0 Å². The van der Waals surface area contributed by atoms with Crippen LogP contribution in [0.1, 0.15) is 23.6 Å². The summed E-state index contributed by atoms with van der Waals surface area (Å²) in [7, 11) is 0. The topological polar surface area (TPSA) is 59.0 Å². The summed E-state index contributed by atoms with van der Waals surface area (Å²) < 4.78 is 5.69. The third-order valence-electron chi connectivity index (χ3n) is 2.93. The lowest BCUT2D eigenvalue weighted by Gasteiger charge is -2.10. The first kappa shape index (κ1) is 13.0. The van der Waals surface area contributed by atoms with Crippen molar-refractivity contribution in [3.8, 4) is 11.8 Å². The van der Waals surface area contributed by atoms with Crippen molar-refractivity contribution in [3.05, 3.63) is 59.2 Å². The van der Waals surface area contributed by atoms with Crippen LogP contribution in [0.5, 0.6) is 5.75 Å². The molecular formula is C16H16N2O. The average molecular weight is 252 g/mol. The molecule has 0 spiro atoms. The highest BCUT2D eigenvalue weighted by molar-refractivity contribution is 5.54. The number of hydrogen-bond donors (Lipinski definition) is 1. The van der Waals surface area contributed by atoms with Gasteiger partial charge in [0.1, 0.15) is 12.4 Å². The second-order valence-corrected chi connectivity index (χ2v) is 4.33. The fraction of sp³-hybridized carbons (Fsp3) is 0.188. The highest BCUT2D eigenvalue weighted by atomic mass is 16.5. The molecule has 0 fully saturated rings. The first-order chi connectivity index (χ1) is 9.22. The Morgan fingerprint density at radius 3 is 2.68 bits per heavy atom. The molecule has 0 bridgehead atoms. The highest BCUT2D eigenvalue weighted by Gasteiger charge is 2.02. The van der Waals surface area contributed by atoms with Crippen LogP contribution in [-0.4, -0.2) is 0 Å². The van der Waals surface area contributed by atoms with Gasteiger partial charge in [0.2, 0.25) is 0 Å².